The van der Waals surface area contributed by atoms with Crippen LogP contribution in [0.1, 0.15) is 25.0 Å². The second-order valence-corrected chi connectivity index (χ2v) is 7.11. The molecule has 4 heteroatoms. The van der Waals surface area contributed by atoms with E-state index in [2.05, 4.69) is 40.2 Å². The van der Waals surface area contributed by atoms with E-state index in [9.17, 15) is 0 Å². The minimum Gasteiger partial charge on any atom is -0.356 e. The first-order valence-electron chi connectivity index (χ1n) is 8.71. The Kier molecular flexibility index (Phi) is 4.19. The van der Waals surface area contributed by atoms with Crippen LogP contribution in [0.3, 0.4) is 0 Å². The average molecular weight is 311 g/mol. The summed E-state index contributed by atoms with van der Waals surface area (Å²) in [6.07, 6.45) is 4.31. The van der Waals surface area contributed by atoms with Crippen LogP contribution in [0.15, 0.2) is 40.9 Å². The fourth-order valence-electron chi connectivity index (χ4n) is 4.08. The number of aromatic nitrogens is 1. The molecule has 2 bridgehead atoms. The fraction of sp³-hybridized carbons (Fsp3) is 0.526. The first-order chi connectivity index (χ1) is 11.3. The van der Waals surface area contributed by atoms with Crippen molar-refractivity contribution in [2.75, 3.05) is 26.7 Å². The molecule has 4 rings (SSSR count). The average Bonchev–Trinajstić information content (AvgIpc) is 3.30. The van der Waals surface area contributed by atoms with Crippen molar-refractivity contribution in [1.29, 1.82) is 0 Å². The Morgan fingerprint density at radius 1 is 1.26 bits per heavy atom. The SMILES string of the molecule is CN(CCN1C[C@H]2CC[C@@H]1C2)Cc1cc(-c2ccccc2)on1. The van der Waals surface area contributed by atoms with Crippen LogP contribution in [0, 0.1) is 5.92 Å². The van der Waals surface area contributed by atoms with Crippen molar-refractivity contribution >= 4 is 0 Å². The van der Waals surface area contributed by atoms with Crippen LogP contribution in [-0.4, -0.2) is 47.7 Å². The summed E-state index contributed by atoms with van der Waals surface area (Å²) in [5.74, 6) is 1.83. The Labute approximate surface area is 138 Å². The summed E-state index contributed by atoms with van der Waals surface area (Å²) in [6.45, 7) is 4.44. The van der Waals surface area contributed by atoms with E-state index in [1.54, 1.807) is 0 Å². The quantitative estimate of drug-likeness (QED) is 0.820. The van der Waals surface area contributed by atoms with Crippen molar-refractivity contribution in [1.82, 2.24) is 15.0 Å². The van der Waals surface area contributed by atoms with E-state index >= 15 is 0 Å². The molecule has 0 spiro atoms. The maximum Gasteiger partial charge on any atom is 0.167 e. The molecule has 0 N–H and O–H groups in total. The summed E-state index contributed by atoms with van der Waals surface area (Å²) in [7, 11) is 2.17. The van der Waals surface area contributed by atoms with Crippen LogP contribution in [0.4, 0.5) is 0 Å². The molecule has 1 saturated carbocycles. The maximum atomic E-state index is 5.48. The van der Waals surface area contributed by atoms with Crippen LogP contribution in [0.25, 0.3) is 11.3 Å². The van der Waals surface area contributed by atoms with E-state index in [-0.39, 0.29) is 0 Å². The number of nitrogens with zero attached hydrogens (tertiary/aromatic N) is 3. The molecule has 0 radical (unpaired) electrons. The van der Waals surface area contributed by atoms with Crippen LogP contribution in [0.2, 0.25) is 0 Å². The second-order valence-electron chi connectivity index (χ2n) is 7.11. The zero-order valence-electron chi connectivity index (χ0n) is 13.8. The van der Waals surface area contributed by atoms with Gasteiger partial charge in [-0.05, 0) is 32.2 Å². The number of fused-ring (bicyclic) bond motifs is 2. The maximum absolute atomic E-state index is 5.48. The van der Waals surface area contributed by atoms with Gasteiger partial charge in [-0.15, -0.1) is 0 Å². The van der Waals surface area contributed by atoms with Crippen molar-refractivity contribution in [3.63, 3.8) is 0 Å². The van der Waals surface area contributed by atoms with E-state index in [0.717, 1.165) is 42.1 Å². The van der Waals surface area contributed by atoms with Crippen molar-refractivity contribution in [3.8, 4) is 11.3 Å². The second kappa shape index (κ2) is 6.46. The zero-order valence-corrected chi connectivity index (χ0v) is 13.8. The van der Waals surface area contributed by atoms with Gasteiger partial charge in [-0.25, -0.2) is 0 Å². The topological polar surface area (TPSA) is 32.5 Å². The lowest BCUT2D eigenvalue weighted by Crippen LogP contribution is -2.38. The molecule has 1 aliphatic carbocycles. The first kappa shape index (κ1) is 14.9. The smallest absolute Gasteiger partial charge is 0.167 e. The summed E-state index contributed by atoms with van der Waals surface area (Å²) in [5.41, 5.74) is 2.09. The highest BCUT2D eigenvalue weighted by atomic mass is 16.5. The molecule has 2 aliphatic rings. The number of rotatable bonds is 6. The highest BCUT2D eigenvalue weighted by Gasteiger charge is 2.37. The number of hydrogen-bond acceptors (Lipinski definition) is 4. The monoisotopic (exact) mass is 311 g/mol. The third-order valence-electron chi connectivity index (χ3n) is 5.34. The summed E-state index contributed by atoms with van der Waals surface area (Å²) in [5, 5.41) is 4.22. The van der Waals surface area contributed by atoms with E-state index in [0.29, 0.717) is 0 Å². The molecule has 0 amide bonds. The minimum atomic E-state index is 0.846. The van der Waals surface area contributed by atoms with Gasteiger partial charge in [-0.2, -0.15) is 0 Å². The molecular weight excluding hydrogens is 286 g/mol. The lowest BCUT2D eigenvalue weighted by molar-refractivity contribution is 0.181. The predicted molar refractivity (Wildman–Crippen MR) is 91.0 cm³/mol. The molecule has 2 aromatic rings. The molecule has 1 saturated heterocycles. The Bertz CT molecular complexity index is 639. The molecule has 1 aromatic heterocycles. The lowest BCUT2D eigenvalue weighted by atomic mass is 10.1. The normalized spacial score (nSPS) is 23.9. The Morgan fingerprint density at radius 3 is 2.87 bits per heavy atom. The molecule has 1 aromatic carbocycles. The highest BCUT2D eigenvalue weighted by molar-refractivity contribution is 5.56. The Hall–Kier alpha value is -1.65. The van der Waals surface area contributed by atoms with Crippen molar-refractivity contribution in [2.45, 2.75) is 31.8 Å². The third-order valence-corrected chi connectivity index (χ3v) is 5.34. The van der Waals surface area contributed by atoms with Crippen molar-refractivity contribution in [2.24, 2.45) is 5.92 Å². The number of benzene rings is 1. The van der Waals surface area contributed by atoms with Gasteiger partial charge in [0, 0.05) is 43.9 Å². The van der Waals surface area contributed by atoms with Gasteiger partial charge in [0.2, 0.25) is 0 Å². The van der Waals surface area contributed by atoms with E-state index in [1.165, 1.54) is 32.4 Å². The van der Waals surface area contributed by atoms with Crippen molar-refractivity contribution < 1.29 is 4.52 Å². The van der Waals surface area contributed by atoms with E-state index in [4.69, 9.17) is 4.52 Å². The summed E-state index contributed by atoms with van der Waals surface area (Å²) < 4.78 is 5.48. The van der Waals surface area contributed by atoms with Gasteiger partial charge in [-0.1, -0.05) is 35.5 Å². The van der Waals surface area contributed by atoms with E-state index < -0.39 is 0 Å². The van der Waals surface area contributed by atoms with Gasteiger partial charge in [0.05, 0.1) is 5.69 Å². The van der Waals surface area contributed by atoms with Crippen LogP contribution in [0.5, 0.6) is 0 Å². The summed E-state index contributed by atoms with van der Waals surface area (Å²) in [6, 6.07) is 13.1. The highest BCUT2D eigenvalue weighted by Crippen LogP contribution is 2.36. The molecule has 1 aliphatic heterocycles. The third kappa shape index (κ3) is 3.33. The standard InChI is InChI=1S/C19H25N3O/c1-21(9-10-22-13-15-7-8-18(22)11-15)14-17-12-19(23-20-17)16-5-3-2-4-6-16/h2-6,12,15,18H,7-11,13-14H2,1H3/t15-,18+/m0/s1. The Morgan fingerprint density at radius 2 is 2.13 bits per heavy atom. The number of likely N-dealkylation sites (N-methyl/N-ethyl adjacent to an activating group) is 1. The Balaban J connectivity index is 1.29. The number of piperidine rings is 1. The van der Waals surface area contributed by atoms with Gasteiger partial charge >= 0.3 is 0 Å². The van der Waals surface area contributed by atoms with E-state index in [1.807, 2.05) is 18.2 Å². The largest absolute Gasteiger partial charge is 0.356 e. The molecule has 2 fully saturated rings. The first-order valence-corrected chi connectivity index (χ1v) is 8.71. The summed E-state index contributed by atoms with van der Waals surface area (Å²) in [4.78, 5) is 5.03. The molecule has 0 unspecified atom stereocenters. The molecule has 4 nitrogen and oxygen atoms in total. The minimum absolute atomic E-state index is 0.846. The van der Waals surface area contributed by atoms with Crippen molar-refractivity contribution in [3.05, 3.63) is 42.1 Å². The predicted octanol–water partition coefficient (Wildman–Crippen LogP) is 3.26. The number of likely N-dealkylation sites (tertiary alicyclic amines) is 1. The lowest BCUT2D eigenvalue weighted by Gasteiger charge is -2.28. The van der Waals surface area contributed by atoms with Crippen LogP contribution >= 0.6 is 0 Å². The molecule has 122 valence electrons. The van der Waals surface area contributed by atoms with Crippen LogP contribution in [-0.2, 0) is 6.54 Å². The molecule has 2 heterocycles. The molecule has 23 heavy (non-hydrogen) atoms. The van der Waals surface area contributed by atoms with Gasteiger partial charge in [0.1, 0.15) is 0 Å². The van der Waals surface area contributed by atoms with Gasteiger partial charge in [0.15, 0.2) is 5.76 Å². The fourth-order valence-corrected chi connectivity index (χ4v) is 4.08. The van der Waals surface area contributed by atoms with Crippen LogP contribution < -0.4 is 0 Å². The van der Waals surface area contributed by atoms with Gasteiger partial charge < -0.3 is 4.52 Å². The summed E-state index contributed by atoms with van der Waals surface area (Å²) >= 11 is 0. The number of hydrogen-bond donors (Lipinski definition) is 0. The van der Waals surface area contributed by atoms with Gasteiger partial charge in [-0.3, -0.25) is 9.80 Å². The molecule has 2 atom stereocenters. The van der Waals surface area contributed by atoms with Gasteiger partial charge in [0.25, 0.3) is 0 Å². The zero-order chi connectivity index (χ0) is 15.6. The molecular formula is C19H25N3O.